The average Bonchev–Trinajstić information content (AvgIpc) is 2.59. The van der Waals surface area contributed by atoms with E-state index in [1.165, 1.54) is 19.2 Å². The summed E-state index contributed by atoms with van der Waals surface area (Å²) in [7, 11) is -2.28. The monoisotopic (exact) mass is 426 g/mol. The molecule has 0 aromatic heterocycles. The molecule has 1 aliphatic heterocycles. The van der Waals surface area contributed by atoms with Gasteiger partial charge in [-0.2, -0.15) is 0 Å². The minimum Gasteiger partial charge on any atom is -0.496 e. The lowest BCUT2D eigenvalue weighted by atomic mass is 10.2. The Morgan fingerprint density at radius 2 is 2.08 bits per heavy atom. The van der Waals surface area contributed by atoms with Crippen molar-refractivity contribution in [3.8, 4) is 11.5 Å². The minimum absolute atomic E-state index is 0.0253. The summed E-state index contributed by atoms with van der Waals surface area (Å²) in [5.41, 5.74) is 1.14. The number of nitrogens with one attached hydrogen (secondary N) is 2. The first-order valence-corrected chi connectivity index (χ1v) is 9.56. The van der Waals surface area contributed by atoms with E-state index in [-0.39, 0.29) is 24.0 Å². The molecule has 0 saturated carbocycles. The molecule has 3 rings (SSSR count). The highest BCUT2D eigenvalue weighted by molar-refractivity contribution is 9.10. The summed E-state index contributed by atoms with van der Waals surface area (Å²) in [4.78, 5) is 11.4. The number of benzene rings is 2. The number of fused-ring (bicyclic) bond motifs is 1. The number of anilines is 1. The van der Waals surface area contributed by atoms with Gasteiger partial charge in [-0.1, -0.05) is 18.2 Å². The Morgan fingerprint density at radius 1 is 1.32 bits per heavy atom. The predicted molar refractivity (Wildman–Crippen MR) is 95.3 cm³/mol. The first-order valence-electron chi connectivity index (χ1n) is 7.28. The number of methoxy groups -OCH3 is 1. The number of carbonyl (C=O) groups is 1. The molecule has 1 heterocycles. The highest BCUT2D eigenvalue weighted by Crippen LogP contribution is 2.35. The zero-order valence-corrected chi connectivity index (χ0v) is 15.6. The van der Waals surface area contributed by atoms with Gasteiger partial charge in [-0.3, -0.25) is 4.79 Å². The molecule has 9 heteroatoms. The fourth-order valence-corrected chi connectivity index (χ4v) is 4.45. The Kier molecular flexibility index (Phi) is 4.98. The van der Waals surface area contributed by atoms with E-state index in [1.54, 1.807) is 18.2 Å². The summed E-state index contributed by atoms with van der Waals surface area (Å²) in [5.74, 6) is 0.616. The molecule has 0 bridgehead atoms. The Morgan fingerprint density at radius 3 is 2.84 bits per heavy atom. The summed E-state index contributed by atoms with van der Waals surface area (Å²) in [6.45, 7) is -0.0732. The summed E-state index contributed by atoms with van der Waals surface area (Å²) >= 11 is 3.23. The van der Waals surface area contributed by atoms with Gasteiger partial charge in [0.05, 0.1) is 12.8 Å². The van der Waals surface area contributed by atoms with Crippen LogP contribution in [-0.2, 0) is 21.4 Å². The molecular formula is C16H15BrN2O5S. The number of halogens is 1. The van der Waals surface area contributed by atoms with Crippen molar-refractivity contribution in [1.82, 2.24) is 4.72 Å². The van der Waals surface area contributed by atoms with Crippen LogP contribution in [0, 0.1) is 0 Å². The van der Waals surface area contributed by atoms with Gasteiger partial charge in [-0.15, -0.1) is 0 Å². The lowest BCUT2D eigenvalue weighted by Gasteiger charge is -2.19. The van der Waals surface area contributed by atoms with Crippen LogP contribution in [0.5, 0.6) is 11.5 Å². The number of hydrogen-bond acceptors (Lipinski definition) is 5. The van der Waals surface area contributed by atoms with Gasteiger partial charge in [0, 0.05) is 22.6 Å². The first-order chi connectivity index (χ1) is 11.9. The first kappa shape index (κ1) is 17.7. The Hall–Kier alpha value is -2.10. The van der Waals surface area contributed by atoms with E-state index in [0.29, 0.717) is 27.2 Å². The summed E-state index contributed by atoms with van der Waals surface area (Å²) in [6.07, 6.45) is 0. The van der Waals surface area contributed by atoms with Crippen molar-refractivity contribution < 1.29 is 22.7 Å². The van der Waals surface area contributed by atoms with Crippen LogP contribution in [0.2, 0.25) is 0 Å². The van der Waals surface area contributed by atoms with E-state index in [0.717, 1.165) is 0 Å². The molecule has 2 aromatic rings. The molecule has 2 N–H and O–H groups in total. The minimum atomic E-state index is -3.81. The third-order valence-corrected chi connectivity index (χ3v) is 5.96. The molecule has 0 unspecified atom stereocenters. The van der Waals surface area contributed by atoms with Gasteiger partial charge in [0.25, 0.3) is 5.91 Å². The van der Waals surface area contributed by atoms with Gasteiger partial charge < -0.3 is 14.8 Å². The molecule has 132 valence electrons. The van der Waals surface area contributed by atoms with Crippen molar-refractivity contribution in [2.75, 3.05) is 19.0 Å². The fourth-order valence-electron chi connectivity index (χ4n) is 2.39. The SMILES string of the molecule is COc1ccccc1CNS(=O)(=O)c1cc2c(cc1Br)NC(=O)CO2. The molecule has 1 aliphatic rings. The van der Waals surface area contributed by atoms with E-state index >= 15 is 0 Å². The van der Waals surface area contributed by atoms with Crippen LogP contribution in [0.15, 0.2) is 45.8 Å². The molecule has 2 aromatic carbocycles. The molecular weight excluding hydrogens is 412 g/mol. The average molecular weight is 427 g/mol. The van der Waals surface area contributed by atoms with Crippen molar-refractivity contribution in [3.63, 3.8) is 0 Å². The largest absolute Gasteiger partial charge is 0.496 e. The molecule has 25 heavy (non-hydrogen) atoms. The summed E-state index contributed by atoms with van der Waals surface area (Å²) in [5, 5.41) is 2.63. The van der Waals surface area contributed by atoms with Crippen LogP contribution in [0.4, 0.5) is 5.69 Å². The highest BCUT2D eigenvalue weighted by atomic mass is 79.9. The zero-order chi connectivity index (χ0) is 18.0. The van der Waals surface area contributed by atoms with E-state index in [2.05, 4.69) is 26.0 Å². The molecule has 0 saturated heterocycles. The van der Waals surface area contributed by atoms with Gasteiger partial charge in [-0.05, 0) is 28.1 Å². The third kappa shape index (κ3) is 3.78. The Bertz CT molecular complexity index is 930. The second kappa shape index (κ2) is 7.03. The normalized spacial score (nSPS) is 13.6. The second-order valence-corrected chi connectivity index (χ2v) is 7.84. The number of ether oxygens (including phenoxy) is 2. The van der Waals surface area contributed by atoms with Crippen LogP contribution in [-0.4, -0.2) is 28.0 Å². The third-order valence-electron chi connectivity index (χ3n) is 3.60. The van der Waals surface area contributed by atoms with E-state index in [4.69, 9.17) is 9.47 Å². The van der Waals surface area contributed by atoms with E-state index < -0.39 is 10.0 Å². The van der Waals surface area contributed by atoms with Crippen molar-refractivity contribution in [1.29, 1.82) is 0 Å². The maximum atomic E-state index is 12.7. The number of carbonyl (C=O) groups excluding carboxylic acids is 1. The summed E-state index contributed by atoms with van der Waals surface area (Å²) < 4.78 is 38.7. The number of para-hydroxylation sites is 1. The Balaban J connectivity index is 1.86. The molecule has 0 radical (unpaired) electrons. The lowest BCUT2D eigenvalue weighted by molar-refractivity contribution is -0.118. The number of rotatable bonds is 5. The van der Waals surface area contributed by atoms with Crippen LogP contribution >= 0.6 is 15.9 Å². The molecule has 0 spiro atoms. The van der Waals surface area contributed by atoms with E-state index in [1.807, 2.05) is 6.07 Å². The van der Waals surface area contributed by atoms with Crippen LogP contribution in [0.3, 0.4) is 0 Å². The van der Waals surface area contributed by atoms with Crippen LogP contribution < -0.4 is 19.5 Å². The summed E-state index contributed by atoms with van der Waals surface area (Å²) in [6, 6.07) is 10.0. The molecule has 0 fully saturated rings. The quantitative estimate of drug-likeness (QED) is 0.764. The molecule has 1 amide bonds. The zero-order valence-electron chi connectivity index (χ0n) is 13.2. The standard InChI is InChI=1S/C16H15BrN2O5S/c1-23-13-5-3-2-4-10(13)8-18-25(21,22)15-7-14-12(6-11(15)17)19-16(20)9-24-14/h2-7,18H,8-9H2,1H3,(H,19,20). The smallest absolute Gasteiger partial charge is 0.262 e. The van der Waals surface area contributed by atoms with Crippen LogP contribution in [0.25, 0.3) is 0 Å². The topological polar surface area (TPSA) is 93.7 Å². The van der Waals surface area contributed by atoms with Gasteiger partial charge in [0.1, 0.15) is 16.4 Å². The van der Waals surface area contributed by atoms with Gasteiger partial charge >= 0.3 is 0 Å². The lowest BCUT2D eigenvalue weighted by Crippen LogP contribution is -2.27. The van der Waals surface area contributed by atoms with Gasteiger partial charge in [-0.25, -0.2) is 13.1 Å². The molecule has 0 atom stereocenters. The second-order valence-electron chi connectivity index (χ2n) is 5.25. The number of hydrogen-bond donors (Lipinski definition) is 2. The van der Waals surface area contributed by atoms with Crippen LogP contribution in [0.1, 0.15) is 5.56 Å². The highest BCUT2D eigenvalue weighted by Gasteiger charge is 2.24. The fraction of sp³-hybridized carbons (Fsp3) is 0.188. The molecule has 0 aliphatic carbocycles. The van der Waals surface area contributed by atoms with Crippen molar-refractivity contribution in [2.45, 2.75) is 11.4 Å². The maximum absolute atomic E-state index is 12.7. The predicted octanol–water partition coefficient (Wildman–Crippen LogP) is 2.27. The van der Waals surface area contributed by atoms with Crippen molar-refractivity contribution >= 4 is 37.5 Å². The number of sulfonamides is 1. The molecule has 7 nitrogen and oxygen atoms in total. The van der Waals surface area contributed by atoms with E-state index in [9.17, 15) is 13.2 Å². The van der Waals surface area contributed by atoms with Gasteiger partial charge in [0.2, 0.25) is 10.0 Å². The number of amides is 1. The van der Waals surface area contributed by atoms with Crippen molar-refractivity contribution in [2.24, 2.45) is 0 Å². The Labute approximate surface area is 153 Å². The van der Waals surface area contributed by atoms with Gasteiger partial charge in [0.15, 0.2) is 6.61 Å². The van der Waals surface area contributed by atoms with Crippen molar-refractivity contribution in [3.05, 3.63) is 46.4 Å². The maximum Gasteiger partial charge on any atom is 0.262 e.